The number of nitrogens with zero attached hydrogens (tertiary/aromatic N) is 1. The maximum Gasteiger partial charge on any atom is 0.335 e. The Morgan fingerprint density at radius 1 is 1.48 bits per heavy atom. The van der Waals surface area contributed by atoms with Gasteiger partial charge in [-0.3, -0.25) is 4.90 Å². The molecule has 0 saturated carbocycles. The topological polar surface area (TPSA) is 79.2 Å². The standard InChI is InChI=1S/C15H21NO5/c1-11-8-16(9-14(10-17)21-11)5-6-20-13-4-2-3-12(7-13)15(18)19/h2-4,7,11,14,17H,5-6,8-10H2,1H3,(H,18,19). The Balaban J connectivity index is 1.81. The number of carboxylic acid groups (broad SMARTS) is 1. The number of aliphatic hydroxyl groups excluding tert-OH is 1. The molecule has 0 aromatic heterocycles. The van der Waals surface area contributed by atoms with Crippen molar-refractivity contribution in [3.63, 3.8) is 0 Å². The van der Waals surface area contributed by atoms with Gasteiger partial charge in [-0.05, 0) is 25.1 Å². The fraction of sp³-hybridized carbons (Fsp3) is 0.533. The molecule has 6 heteroatoms. The van der Waals surface area contributed by atoms with Gasteiger partial charge >= 0.3 is 5.97 Å². The van der Waals surface area contributed by atoms with Crippen molar-refractivity contribution in [2.24, 2.45) is 0 Å². The van der Waals surface area contributed by atoms with Crippen molar-refractivity contribution in [2.75, 3.05) is 32.8 Å². The van der Waals surface area contributed by atoms with Crippen LogP contribution in [0.2, 0.25) is 0 Å². The number of benzene rings is 1. The second-order valence-electron chi connectivity index (χ2n) is 5.19. The highest BCUT2D eigenvalue weighted by atomic mass is 16.5. The lowest BCUT2D eigenvalue weighted by Crippen LogP contribution is -2.49. The van der Waals surface area contributed by atoms with Gasteiger partial charge in [0.2, 0.25) is 0 Å². The monoisotopic (exact) mass is 295 g/mol. The molecule has 21 heavy (non-hydrogen) atoms. The van der Waals surface area contributed by atoms with Crippen molar-refractivity contribution in [1.82, 2.24) is 4.90 Å². The number of aliphatic hydroxyl groups is 1. The third-order valence-corrected chi connectivity index (χ3v) is 3.36. The fourth-order valence-corrected chi connectivity index (χ4v) is 2.44. The van der Waals surface area contributed by atoms with Gasteiger partial charge in [-0.25, -0.2) is 4.79 Å². The van der Waals surface area contributed by atoms with Gasteiger partial charge in [0, 0.05) is 19.6 Å². The average Bonchev–Trinajstić information content (AvgIpc) is 2.47. The van der Waals surface area contributed by atoms with Crippen LogP contribution in [0, 0.1) is 0 Å². The van der Waals surface area contributed by atoms with Crippen LogP contribution >= 0.6 is 0 Å². The molecule has 0 aliphatic carbocycles. The van der Waals surface area contributed by atoms with E-state index in [4.69, 9.17) is 14.6 Å². The number of aromatic carboxylic acids is 1. The number of hydrogen-bond donors (Lipinski definition) is 2. The van der Waals surface area contributed by atoms with Gasteiger partial charge < -0.3 is 19.7 Å². The Bertz CT molecular complexity index is 479. The first-order chi connectivity index (χ1) is 10.1. The molecule has 0 spiro atoms. The highest BCUT2D eigenvalue weighted by Crippen LogP contribution is 2.14. The second kappa shape index (κ2) is 7.40. The molecule has 1 aromatic rings. The first kappa shape index (κ1) is 15.8. The Morgan fingerprint density at radius 2 is 2.29 bits per heavy atom. The zero-order valence-corrected chi connectivity index (χ0v) is 12.1. The van der Waals surface area contributed by atoms with Crippen LogP contribution in [-0.4, -0.2) is 66.1 Å². The van der Waals surface area contributed by atoms with Gasteiger partial charge in [-0.2, -0.15) is 0 Å². The number of carbonyl (C=O) groups is 1. The van der Waals surface area contributed by atoms with E-state index >= 15 is 0 Å². The Labute approximate surface area is 123 Å². The third-order valence-electron chi connectivity index (χ3n) is 3.36. The van der Waals surface area contributed by atoms with Crippen molar-refractivity contribution in [3.8, 4) is 5.75 Å². The average molecular weight is 295 g/mol. The molecule has 0 bridgehead atoms. The maximum atomic E-state index is 10.9. The van der Waals surface area contributed by atoms with Crippen molar-refractivity contribution in [1.29, 1.82) is 0 Å². The van der Waals surface area contributed by atoms with E-state index in [1.54, 1.807) is 12.1 Å². The number of ether oxygens (including phenoxy) is 2. The van der Waals surface area contributed by atoms with Crippen LogP contribution in [0.15, 0.2) is 24.3 Å². The molecule has 6 nitrogen and oxygen atoms in total. The van der Waals surface area contributed by atoms with Gasteiger partial charge in [0.25, 0.3) is 0 Å². The lowest BCUT2D eigenvalue weighted by molar-refractivity contribution is -0.0965. The predicted octanol–water partition coefficient (Wildman–Crippen LogP) is 0.845. The highest BCUT2D eigenvalue weighted by molar-refractivity contribution is 5.87. The largest absolute Gasteiger partial charge is 0.492 e. The molecule has 2 N–H and O–H groups in total. The first-order valence-corrected chi connectivity index (χ1v) is 7.03. The van der Waals surface area contributed by atoms with Gasteiger partial charge in [0.15, 0.2) is 0 Å². The third kappa shape index (κ3) is 4.70. The van der Waals surface area contributed by atoms with Crippen LogP contribution in [0.25, 0.3) is 0 Å². The van der Waals surface area contributed by atoms with Crippen LogP contribution in [0.4, 0.5) is 0 Å². The Morgan fingerprint density at radius 3 is 3.00 bits per heavy atom. The molecule has 1 heterocycles. The molecule has 0 radical (unpaired) electrons. The van der Waals surface area contributed by atoms with Crippen molar-refractivity contribution in [3.05, 3.63) is 29.8 Å². The van der Waals surface area contributed by atoms with E-state index in [0.717, 1.165) is 6.54 Å². The number of carboxylic acids is 1. The molecule has 1 aromatic carbocycles. The second-order valence-corrected chi connectivity index (χ2v) is 5.19. The zero-order valence-electron chi connectivity index (χ0n) is 12.1. The minimum atomic E-state index is -0.965. The van der Waals surface area contributed by atoms with Crippen LogP contribution in [0.3, 0.4) is 0 Å². The molecule has 0 amide bonds. The maximum absolute atomic E-state index is 10.9. The summed E-state index contributed by atoms with van der Waals surface area (Å²) in [7, 11) is 0. The van der Waals surface area contributed by atoms with Crippen LogP contribution < -0.4 is 4.74 Å². The van der Waals surface area contributed by atoms with Crippen molar-refractivity contribution in [2.45, 2.75) is 19.1 Å². The van der Waals surface area contributed by atoms with Gasteiger partial charge in [0.05, 0.1) is 24.4 Å². The Hall–Kier alpha value is -1.63. The summed E-state index contributed by atoms with van der Waals surface area (Å²) < 4.78 is 11.2. The summed E-state index contributed by atoms with van der Waals surface area (Å²) in [6, 6.07) is 6.45. The molecule has 2 unspecified atom stereocenters. The van der Waals surface area contributed by atoms with E-state index in [0.29, 0.717) is 25.4 Å². The van der Waals surface area contributed by atoms with Gasteiger partial charge in [-0.1, -0.05) is 6.07 Å². The van der Waals surface area contributed by atoms with Crippen LogP contribution in [0.1, 0.15) is 17.3 Å². The first-order valence-electron chi connectivity index (χ1n) is 7.03. The zero-order chi connectivity index (χ0) is 15.2. The molecule has 1 saturated heterocycles. The molecule has 2 atom stereocenters. The van der Waals surface area contributed by atoms with Crippen LogP contribution in [0.5, 0.6) is 5.75 Å². The molecule has 1 fully saturated rings. The minimum Gasteiger partial charge on any atom is -0.492 e. The molecule has 116 valence electrons. The molecular weight excluding hydrogens is 274 g/mol. The number of hydrogen-bond acceptors (Lipinski definition) is 5. The molecule has 2 rings (SSSR count). The van der Waals surface area contributed by atoms with E-state index in [2.05, 4.69) is 4.90 Å². The van der Waals surface area contributed by atoms with Crippen molar-refractivity contribution >= 4 is 5.97 Å². The highest BCUT2D eigenvalue weighted by Gasteiger charge is 2.24. The van der Waals surface area contributed by atoms with Crippen molar-refractivity contribution < 1.29 is 24.5 Å². The summed E-state index contributed by atoms with van der Waals surface area (Å²) in [5.74, 6) is -0.414. The van der Waals surface area contributed by atoms with E-state index in [1.807, 2.05) is 6.92 Å². The summed E-state index contributed by atoms with van der Waals surface area (Å²) in [5.41, 5.74) is 0.216. The van der Waals surface area contributed by atoms with Gasteiger partial charge in [-0.15, -0.1) is 0 Å². The quantitative estimate of drug-likeness (QED) is 0.810. The molecule has 1 aliphatic rings. The summed E-state index contributed by atoms with van der Waals surface area (Å²) in [6.45, 7) is 4.65. The van der Waals surface area contributed by atoms with E-state index in [-0.39, 0.29) is 24.4 Å². The smallest absolute Gasteiger partial charge is 0.335 e. The lowest BCUT2D eigenvalue weighted by Gasteiger charge is -2.35. The summed E-state index contributed by atoms with van der Waals surface area (Å²) in [5, 5.41) is 18.1. The molecule has 1 aliphatic heterocycles. The fourth-order valence-electron chi connectivity index (χ4n) is 2.44. The van der Waals surface area contributed by atoms with E-state index in [9.17, 15) is 9.90 Å². The van der Waals surface area contributed by atoms with Gasteiger partial charge in [0.1, 0.15) is 12.4 Å². The summed E-state index contributed by atoms with van der Waals surface area (Å²) >= 11 is 0. The summed E-state index contributed by atoms with van der Waals surface area (Å²) in [4.78, 5) is 13.1. The number of rotatable bonds is 6. The number of morpholine rings is 1. The Kier molecular flexibility index (Phi) is 5.55. The normalized spacial score (nSPS) is 23.0. The SMILES string of the molecule is CC1CN(CCOc2cccc(C(=O)O)c2)CC(CO)O1. The van der Waals surface area contributed by atoms with E-state index < -0.39 is 5.97 Å². The summed E-state index contributed by atoms with van der Waals surface area (Å²) in [6.07, 6.45) is -0.0599. The predicted molar refractivity (Wildman–Crippen MR) is 76.8 cm³/mol. The van der Waals surface area contributed by atoms with E-state index in [1.165, 1.54) is 12.1 Å². The minimum absolute atomic E-state index is 0.0162. The lowest BCUT2D eigenvalue weighted by atomic mass is 10.2. The molecular formula is C15H21NO5. The van der Waals surface area contributed by atoms with Crippen LogP contribution in [-0.2, 0) is 4.74 Å².